The zero-order chi connectivity index (χ0) is 11.7. The summed E-state index contributed by atoms with van der Waals surface area (Å²) in [4.78, 5) is 16.9. The second-order valence-electron chi connectivity index (χ2n) is 4.98. The zero-order valence-corrected chi connectivity index (χ0v) is 9.98. The molecule has 0 spiro atoms. The van der Waals surface area contributed by atoms with Crippen LogP contribution in [0.1, 0.15) is 49.3 Å². The zero-order valence-electron chi connectivity index (χ0n) is 9.98. The molecule has 2 heteroatoms. The van der Waals surface area contributed by atoms with Gasteiger partial charge in [-0.3, -0.25) is 9.78 Å². The first-order valence-electron chi connectivity index (χ1n) is 6.53. The topological polar surface area (TPSA) is 30.0 Å². The molecule has 0 radical (unpaired) electrons. The van der Waals surface area contributed by atoms with Crippen molar-refractivity contribution in [3.8, 4) is 0 Å². The van der Waals surface area contributed by atoms with Gasteiger partial charge in [0.25, 0.3) is 0 Å². The number of pyridine rings is 1. The lowest BCUT2D eigenvalue weighted by atomic mass is 9.88. The number of Topliss-reactive ketones (excluding diaryl/α,β-unsaturated/α-hetero) is 1. The number of aryl methyl sites for hydroxylation is 1. The predicted octanol–water partition coefficient (Wildman–Crippen LogP) is 3.18. The van der Waals surface area contributed by atoms with Crippen LogP contribution in [0.2, 0.25) is 0 Å². The van der Waals surface area contributed by atoms with Crippen molar-refractivity contribution in [1.82, 2.24) is 4.98 Å². The Hall–Kier alpha value is -1.44. The Morgan fingerprint density at radius 3 is 3.06 bits per heavy atom. The molecule has 2 aliphatic carbocycles. The Balaban J connectivity index is 1.87. The van der Waals surface area contributed by atoms with Crippen LogP contribution in [0.3, 0.4) is 0 Å². The van der Waals surface area contributed by atoms with Gasteiger partial charge >= 0.3 is 0 Å². The molecule has 0 saturated carbocycles. The van der Waals surface area contributed by atoms with Gasteiger partial charge in [0.05, 0.1) is 11.6 Å². The van der Waals surface area contributed by atoms with E-state index < -0.39 is 0 Å². The van der Waals surface area contributed by atoms with Crippen LogP contribution in [0.4, 0.5) is 0 Å². The molecular formula is C15H17NO. The normalized spacial score (nSPS) is 23.1. The van der Waals surface area contributed by atoms with Crippen molar-refractivity contribution in [3.05, 3.63) is 41.2 Å². The molecule has 0 saturated heterocycles. The number of allylic oxidation sites excluding steroid dienone is 2. The van der Waals surface area contributed by atoms with Gasteiger partial charge in [0.15, 0.2) is 5.78 Å². The van der Waals surface area contributed by atoms with Crippen molar-refractivity contribution in [2.75, 3.05) is 0 Å². The number of nitrogens with zero attached hydrogens (tertiary/aromatic N) is 1. The van der Waals surface area contributed by atoms with Crippen LogP contribution in [-0.4, -0.2) is 10.8 Å². The quantitative estimate of drug-likeness (QED) is 0.776. The first-order chi connectivity index (χ1) is 8.36. The molecule has 1 heterocycles. The monoisotopic (exact) mass is 227 g/mol. The molecule has 88 valence electrons. The summed E-state index contributed by atoms with van der Waals surface area (Å²) in [5.41, 5.74) is 3.35. The highest BCUT2D eigenvalue weighted by Gasteiger charge is 2.31. The van der Waals surface area contributed by atoms with Crippen molar-refractivity contribution in [2.45, 2.75) is 44.4 Å². The van der Waals surface area contributed by atoms with Gasteiger partial charge < -0.3 is 0 Å². The van der Waals surface area contributed by atoms with Crippen LogP contribution in [0.15, 0.2) is 30.0 Å². The molecule has 0 bridgehead atoms. The highest BCUT2D eigenvalue weighted by molar-refractivity contribution is 6.00. The van der Waals surface area contributed by atoms with E-state index in [-0.39, 0.29) is 5.92 Å². The van der Waals surface area contributed by atoms with Crippen molar-refractivity contribution < 1.29 is 4.79 Å². The summed E-state index contributed by atoms with van der Waals surface area (Å²) < 4.78 is 0. The minimum Gasteiger partial charge on any atom is -0.294 e. The van der Waals surface area contributed by atoms with Gasteiger partial charge in [0.2, 0.25) is 0 Å². The highest BCUT2D eigenvalue weighted by Crippen LogP contribution is 2.35. The van der Waals surface area contributed by atoms with E-state index in [4.69, 9.17) is 0 Å². The van der Waals surface area contributed by atoms with Crippen LogP contribution in [0.5, 0.6) is 0 Å². The molecule has 3 rings (SSSR count). The number of carbonyl (C=O) groups is 1. The lowest BCUT2D eigenvalue weighted by Gasteiger charge is -2.15. The molecule has 1 atom stereocenters. The summed E-state index contributed by atoms with van der Waals surface area (Å²) in [6.07, 6.45) is 10.3. The summed E-state index contributed by atoms with van der Waals surface area (Å²) >= 11 is 0. The average molecular weight is 227 g/mol. The predicted molar refractivity (Wildman–Crippen MR) is 66.9 cm³/mol. The molecule has 0 aliphatic heterocycles. The first kappa shape index (κ1) is 10.7. The van der Waals surface area contributed by atoms with Gasteiger partial charge in [0.1, 0.15) is 0 Å². The number of aromatic nitrogens is 1. The van der Waals surface area contributed by atoms with E-state index >= 15 is 0 Å². The molecule has 1 unspecified atom stereocenters. The van der Waals surface area contributed by atoms with E-state index in [1.165, 1.54) is 18.4 Å². The SMILES string of the molecule is O=C(C1=CCCCC1)C1CCc2cccnc21. The lowest BCUT2D eigenvalue weighted by Crippen LogP contribution is -2.15. The Kier molecular flexibility index (Phi) is 2.79. The molecular weight excluding hydrogens is 210 g/mol. The van der Waals surface area contributed by atoms with Gasteiger partial charge in [-0.05, 0) is 55.7 Å². The Bertz CT molecular complexity index is 476. The number of ketones is 1. The van der Waals surface area contributed by atoms with Crippen LogP contribution in [0.25, 0.3) is 0 Å². The van der Waals surface area contributed by atoms with Crippen molar-refractivity contribution in [3.63, 3.8) is 0 Å². The highest BCUT2D eigenvalue weighted by atomic mass is 16.1. The Morgan fingerprint density at radius 1 is 1.29 bits per heavy atom. The number of fused-ring (bicyclic) bond motifs is 1. The van der Waals surface area contributed by atoms with Gasteiger partial charge in [-0.25, -0.2) is 0 Å². The van der Waals surface area contributed by atoms with E-state index in [0.717, 1.165) is 37.0 Å². The second-order valence-corrected chi connectivity index (χ2v) is 4.98. The van der Waals surface area contributed by atoms with E-state index in [2.05, 4.69) is 17.1 Å². The van der Waals surface area contributed by atoms with Crippen molar-refractivity contribution in [2.24, 2.45) is 0 Å². The Morgan fingerprint density at radius 2 is 2.24 bits per heavy atom. The van der Waals surface area contributed by atoms with Gasteiger partial charge in [-0.2, -0.15) is 0 Å². The largest absolute Gasteiger partial charge is 0.294 e. The number of hydrogen-bond acceptors (Lipinski definition) is 2. The standard InChI is InChI=1S/C15H17NO/c17-15(12-5-2-1-3-6-12)13-9-8-11-7-4-10-16-14(11)13/h4-5,7,10,13H,1-3,6,8-9H2. The summed E-state index contributed by atoms with van der Waals surface area (Å²) in [5, 5.41) is 0. The minimum atomic E-state index is 0.0375. The number of rotatable bonds is 2. The molecule has 1 aromatic rings. The fourth-order valence-corrected chi connectivity index (χ4v) is 2.95. The molecule has 0 N–H and O–H groups in total. The third-order valence-electron chi connectivity index (χ3n) is 3.88. The first-order valence-corrected chi connectivity index (χ1v) is 6.53. The summed E-state index contributed by atoms with van der Waals surface area (Å²) in [7, 11) is 0. The minimum absolute atomic E-state index is 0.0375. The number of hydrogen-bond donors (Lipinski definition) is 0. The average Bonchev–Trinajstić information content (AvgIpc) is 2.83. The number of carbonyl (C=O) groups excluding carboxylic acids is 1. The third kappa shape index (κ3) is 1.92. The van der Waals surface area contributed by atoms with Gasteiger partial charge in [-0.15, -0.1) is 0 Å². The maximum Gasteiger partial charge on any atom is 0.167 e. The summed E-state index contributed by atoms with van der Waals surface area (Å²) in [5.74, 6) is 0.373. The molecule has 1 aromatic heterocycles. The summed E-state index contributed by atoms with van der Waals surface area (Å²) in [6.45, 7) is 0. The van der Waals surface area contributed by atoms with Gasteiger partial charge in [0, 0.05) is 6.20 Å². The van der Waals surface area contributed by atoms with Crippen LogP contribution in [0, 0.1) is 0 Å². The smallest absolute Gasteiger partial charge is 0.167 e. The molecule has 2 aliphatic rings. The van der Waals surface area contributed by atoms with E-state index in [1.807, 2.05) is 6.07 Å². The van der Waals surface area contributed by atoms with E-state index in [0.29, 0.717) is 5.78 Å². The molecule has 0 amide bonds. The van der Waals surface area contributed by atoms with Crippen LogP contribution < -0.4 is 0 Å². The molecule has 17 heavy (non-hydrogen) atoms. The maximum absolute atomic E-state index is 12.5. The van der Waals surface area contributed by atoms with Crippen LogP contribution >= 0.6 is 0 Å². The fourth-order valence-electron chi connectivity index (χ4n) is 2.95. The van der Waals surface area contributed by atoms with Crippen molar-refractivity contribution in [1.29, 1.82) is 0 Å². The van der Waals surface area contributed by atoms with Crippen molar-refractivity contribution >= 4 is 5.78 Å². The maximum atomic E-state index is 12.5. The summed E-state index contributed by atoms with van der Waals surface area (Å²) in [6, 6.07) is 4.07. The lowest BCUT2D eigenvalue weighted by molar-refractivity contribution is -0.117. The third-order valence-corrected chi connectivity index (χ3v) is 3.88. The van der Waals surface area contributed by atoms with Gasteiger partial charge in [-0.1, -0.05) is 12.1 Å². The fraction of sp³-hybridized carbons (Fsp3) is 0.467. The van der Waals surface area contributed by atoms with E-state index in [9.17, 15) is 4.79 Å². The van der Waals surface area contributed by atoms with Crippen LogP contribution in [-0.2, 0) is 11.2 Å². The Labute approximate surface area is 102 Å². The molecule has 0 fully saturated rings. The molecule has 2 nitrogen and oxygen atoms in total. The molecule has 0 aromatic carbocycles. The van der Waals surface area contributed by atoms with E-state index in [1.54, 1.807) is 6.20 Å². The second kappa shape index (κ2) is 4.44.